The monoisotopic (exact) mass is 188 g/mol. The Morgan fingerprint density at radius 1 is 1.29 bits per heavy atom. The second kappa shape index (κ2) is 5.18. The molecule has 2 heteroatoms. The Bertz CT molecular complexity index is 306. The van der Waals surface area contributed by atoms with Crippen molar-refractivity contribution in [2.75, 3.05) is 30.9 Å². The lowest BCUT2D eigenvalue weighted by atomic mass is 10.2. The van der Waals surface area contributed by atoms with Crippen LogP contribution in [-0.2, 0) is 0 Å². The second-order valence-electron chi connectivity index (χ2n) is 3.32. The fourth-order valence-corrected chi connectivity index (χ4v) is 1.16. The minimum atomic E-state index is 0.759. The smallest absolute Gasteiger partial charge is 0.0362 e. The van der Waals surface area contributed by atoms with E-state index in [0.717, 1.165) is 18.7 Å². The highest BCUT2D eigenvalue weighted by atomic mass is 15.1. The van der Waals surface area contributed by atoms with Gasteiger partial charge >= 0.3 is 0 Å². The zero-order valence-corrected chi connectivity index (χ0v) is 8.75. The van der Waals surface area contributed by atoms with E-state index in [4.69, 9.17) is 6.42 Å². The van der Waals surface area contributed by atoms with E-state index in [1.807, 2.05) is 14.1 Å². The zero-order chi connectivity index (χ0) is 10.4. The van der Waals surface area contributed by atoms with Gasteiger partial charge in [0.05, 0.1) is 0 Å². The first-order valence-corrected chi connectivity index (χ1v) is 4.69. The molecule has 0 bridgehead atoms. The summed E-state index contributed by atoms with van der Waals surface area (Å²) in [6.45, 7) is 0.831. The molecule has 0 aliphatic carbocycles. The van der Waals surface area contributed by atoms with Gasteiger partial charge in [-0.2, -0.15) is 0 Å². The summed E-state index contributed by atoms with van der Waals surface area (Å²) in [5, 5.41) is 3.25. The molecule has 0 atom stereocenters. The van der Waals surface area contributed by atoms with Crippen LogP contribution in [0.2, 0.25) is 0 Å². The van der Waals surface area contributed by atoms with Crippen LogP contribution in [0.3, 0.4) is 0 Å². The average molecular weight is 188 g/mol. The first-order valence-electron chi connectivity index (χ1n) is 4.69. The lowest BCUT2D eigenvalue weighted by molar-refractivity contribution is 1.09. The standard InChI is InChI=1S/C12H16N2/c1-4-5-10-13-11-6-8-12(9-7-11)14(2)3/h1,6-9,13H,5,10H2,2-3H3. The van der Waals surface area contributed by atoms with Gasteiger partial charge in [0.1, 0.15) is 0 Å². The Morgan fingerprint density at radius 2 is 1.93 bits per heavy atom. The maximum absolute atomic E-state index is 5.16. The van der Waals surface area contributed by atoms with Gasteiger partial charge in [0.15, 0.2) is 0 Å². The molecule has 0 saturated carbocycles. The Labute approximate surface area is 85.9 Å². The number of hydrogen-bond donors (Lipinski definition) is 1. The first-order chi connectivity index (χ1) is 6.74. The van der Waals surface area contributed by atoms with Crippen molar-refractivity contribution in [3.63, 3.8) is 0 Å². The van der Waals surface area contributed by atoms with Crippen molar-refractivity contribution < 1.29 is 0 Å². The lowest BCUT2D eigenvalue weighted by Gasteiger charge is -2.13. The highest BCUT2D eigenvalue weighted by Gasteiger charge is 1.94. The van der Waals surface area contributed by atoms with Crippen LogP contribution in [0.25, 0.3) is 0 Å². The first kappa shape index (κ1) is 10.5. The number of hydrogen-bond acceptors (Lipinski definition) is 2. The summed E-state index contributed by atoms with van der Waals surface area (Å²) in [6, 6.07) is 8.29. The maximum Gasteiger partial charge on any atom is 0.0362 e. The van der Waals surface area contributed by atoms with E-state index in [0.29, 0.717) is 0 Å². The number of rotatable bonds is 4. The van der Waals surface area contributed by atoms with Crippen molar-refractivity contribution in [1.29, 1.82) is 0 Å². The topological polar surface area (TPSA) is 15.3 Å². The van der Waals surface area contributed by atoms with Gasteiger partial charge in [0, 0.05) is 38.4 Å². The average Bonchev–Trinajstić information content (AvgIpc) is 2.19. The quantitative estimate of drug-likeness (QED) is 0.575. The van der Waals surface area contributed by atoms with E-state index in [1.54, 1.807) is 0 Å². The van der Waals surface area contributed by atoms with Gasteiger partial charge in [-0.3, -0.25) is 0 Å². The molecular formula is C12H16N2. The van der Waals surface area contributed by atoms with Gasteiger partial charge in [-0.1, -0.05) is 0 Å². The normalized spacial score (nSPS) is 9.21. The third kappa shape index (κ3) is 3.02. The molecule has 2 nitrogen and oxygen atoms in total. The third-order valence-electron chi connectivity index (χ3n) is 1.98. The Morgan fingerprint density at radius 3 is 2.43 bits per heavy atom. The van der Waals surface area contributed by atoms with Crippen molar-refractivity contribution in [1.82, 2.24) is 0 Å². The van der Waals surface area contributed by atoms with Crippen LogP contribution in [-0.4, -0.2) is 20.6 Å². The molecule has 1 aromatic rings. The van der Waals surface area contributed by atoms with E-state index in [9.17, 15) is 0 Å². The predicted molar refractivity (Wildman–Crippen MR) is 62.7 cm³/mol. The van der Waals surface area contributed by atoms with Gasteiger partial charge in [-0.05, 0) is 24.3 Å². The van der Waals surface area contributed by atoms with E-state index in [1.165, 1.54) is 5.69 Å². The molecule has 0 amide bonds. The summed E-state index contributed by atoms with van der Waals surface area (Å²) < 4.78 is 0. The second-order valence-corrected chi connectivity index (χ2v) is 3.32. The zero-order valence-electron chi connectivity index (χ0n) is 8.75. The van der Waals surface area contributed by atoms with Gasteiger partial charge in [-0.15, -0.1) is 12.3 Å². The van der Waals surface area contributed by atoms with Crippen LogP contribution in [0.15, 0.2) is 24.3 Å². The highest BCUT2D eigenvalue weighted by Crippen LogP contribution is 2.15. The van der Waals surface area contributed by atoms with Crippen LogP contribution < -0.4 is 10.2 Å². The van der Waals surface area contributed by atoms with Crippen molar-refractivity contribution in [2.45, 2.75) is 6.42 Å². The van der Waals surface area contributed by atoms with E-state index in [-0.39, 0.29) is 0 Å². The van der Waals surface area contributed by atoms with Gasteiger partial charge in [0.25, 0.3) is 0 Å². The SMILES string of the molecule is C#CCCNc1ccc(N(C)C)cc1. The van der Waals surface area contributed by atoms with Gasteiger partial charge in [-0.25, -0.2) is 0 Å². The minimum absolute atomic E-state index is 0.759. The Hall–Kier alpha value is -1.62. The summed E-state index contributed by atoms with van der Waals surface area (Å²) in [5.41, 5.74) is 2.32. The fraction of sp³-hybridized carbons (Fsp3) is 0.333. The van der Waals surface area contributed by atoms with Crippen molar-refractivity contribution in [3.05, 3.63) is 24.3 Å². The summed E-state index contributed by atoms with van der Waals surface area (Å²) >= 11 is 0. The van der Waals surface area contributed by atoms with Crippen LogP contribution in [0.4, 0.5) is 11.4 Å². The molecule has 1 aromatic carbocycles. The summed E-state index contributed by atoms with van der Waals surface area (Å²) in [6.07, 6.45) is 5.92. The molecule has 0 saturated heterocycles. The predicted octanol–water partition coefficient (Wildman–Crippen LogP) is 2.19. The Balaban J connectivity index is 2.52. The van der Waals surface area contributed by atoms with Gasteiger partial charge in [0.2, 0.25) is 0 Å². The molecule has 0 spiro atoms. The van der Waals surface area contributed by atoms with Gasteiger partial charge < -0.3 is 10.2 Å². The largest absolute Gasteiger partial charge is 0.384 e. The van der Waals surface area contributed by atoms with E-state index < -0.39 is 0 Å². The molecule has 1 rings (SSSR count). The number of anilines is 2. The fourth-order valence-electron chi connectivity index (χ4n) is 1.16. The highest BCUT2D eigenvalue weighted by molar-refractivity contribution is 5.54. The molecule has 0 aromatic heterocycles. The lowest BCUT2D eigenvalue weighted by Crippen LogP contribution is -2.08. The summed E-state index contributed by atoms with van der Waals surface area (Å²) in [7, 11) is 4.06. The van der Waals surface area contributed by atoms with Crippen LogP contribution >= 0.6 is 0 Å². The summed E-state index contributed by atoms with van der Waals surface area (Å²) in [5.74, 6) is 2.60. The van der Waals surface area contributed by atoms with Crippen LogP contribution in [0.5, 0.6) is 0 Å². The van der Waals surface area contributed by atoms with Crippen molar-refractivity contribution in [2.24, 2.45) is 0 Å². The maximum atomic E-state index is 5.16. The van der Waals surface area contributed by atoms with Crippen LogP contribution in [0, 0.1) is 12.3 Å². The Kier molecular flexibility index (Phi) is 3.87. The molecule has 74 valence electrons. The molecule has 0 heterocycles. The number of nitrogens with zero attached hydrogens (tertiary/aromatic N) is 1. The number of benzene rings is 1. The molecule has 0 fully saturated rings. The minimum Gasteiger partial charge on any atom is -0.384 e. The molecule has 0 unspecified atom stereocenters. The molecule has 0 aliphatic rings. The summed E-state index contributed by atoms with van der Waals surface area (Å²) in [4.78, 5) is 2.07. The number of nitrogens with one attached hydrogen (secondary N) is 1. The number of terminal acetylenes is 1. The molecular weight excluding hydrogens is 172 g/mol. The molecule has 0 aliphatic heterocycles. The molecule has 14 heavy (non-hydrogen) atoms. The van der Waals surface area contributed by atoms with Crippen molar-refractivity contribution in [3.8, 4) is 12.3 Å². The van der Waals surface area contributed by atoms with Crippen LogP contribution in [0.1, 0.15) is 6.42 Å². The van der Waals surface area contributed by atoms with E-state index >= 15 is 0 Å². The van der Waals surface area contributed by atoms with E-state index in [2.05, 4.69) is 40.4 Å². The third-order valence-corrected chi connectivity index (χ3v) is 1.98. The molecule has 1 N–H and O–H groups in total. The molecule has 0 radical (unpaired) electrons. The van der Waals surface area contributed by atoms with Crippen molar-refractivity contribution >= 4 is 11.4 Å².